The molecular weight excluding hydrogens is 232 g/mol. The topological polar surface area (TPSA) is 55.8 Å². The monoisotopic (exact) mass is 250 g/mol. The molecule has 0 radical (unpaired) electrons. The molecule has 0 saturated heterocycles. The molecule has 2 rings (SSSR count). The maximum atomic E-state index is 11.0. The number of hydrogen-bond acceptors (Lipinski definition) is 3. The molecule has 0 aliphatic carbocycles. The molecule has 4 heteroatoms. The Morgan fingerprint density at radius 1 is 1.33 bits per heavy atom. The highest BCUT2D eigenvalue weighted by atomic mass is 16.7. The van der Waals surface area contributed by atoms with Gasteiger partial charge in [-0.2, -0.15) is 0 Å². The lowest BCUT2D eigenvalue weighted by Gasteiger charge is -2.26. The number of carbonyl (C=O) groups is 1. The highest BCUT2D eigenvalue weighted by molar-refractivity contribution is 5.69. The molecule has 1 aromatic carbocycles. The first-order valence-electron chi connectivity index (χ1n) is 5.95. The zero-order valence-corrected chi connectivity index (χ0v) is 11.2. The average molecular weight is 250 g/mol. The molecule has 1 aliphatic rings. The number of carboxylic acid groups (broad SMARTS) is 1. The van der Waals surface area contributed by atoms with Crippen LogP contribution in [0.1, 0.15) is 37.0 Å². The van der Waals surface area contributed by atoms with E-state index in [0.29, 0.717) is 5.75 Å². The molecule has 4 nitrogen and oxygen atoms in total. The molecule has 0 unspecified atom stereocenters. The van der Waals surface area contributed by atoms with Crippen LogP contribution in [0.3, 0.4) is 0 Å². The lowest BCUT2D eigenvalue weighted by molar-refractivity contribution is -0.138. The summed E-state index contributed by atoms with van der Waals surface area (Å²) in [6.45, 7) is 8.08. The van der Waals surface area contributed by atoms with Gasteiger partial charge in [0.2, 0.25) is 6.79 Å². The van der Waals surface area contributed by atoms with E-state index in [9.17, 15) is 4.79 Å². The van der Waals surface area contributed by atoms with Gasteiger partial charge in [0.1, 0.15) is 0 Å². The fourth-order valence-corrected chi connectivity index (χ4v) is 2.48. The van der Waals surface area contributed by atoms with Crippen molar-refractivity contribution < 1.29 is 19.4 Å². The molecule has 0 saturated carbocycles. The van der Waals surface area contributed by atoms with E-state index in [4.69, 9.17) is 14.6 Å². The highest BCUT2D eigenvalue weighted by Gasteiger charge is 2.30. The van der Waals surface area contributed by atoms with Gasteiger partial charge in [0.25, 0.3) is 0 Å². The van der Waals surface area contributed by atoms with Crippen molar-refractivity contribution in [1.82, 2.24) is 0 Å². The van der Waals surface area contributed by atoms with E-state index >= 15 is 0 Å². The van der Waals surface area contributed by atoms with Gasteiger partial charge in [-0.05, 0) is 36.6 Å². The van der Waals surface area contributed by atoms with Crippen molar-refractivity contribution in [3.8, 4) is 11.5 Å². The smallest absolute Gasteiger partial charge is 0.304 e. The summed E-state index contributed by atoms with van der Waals surface area (Å²) in [4.78, 5) is 11.0. The number of hydrogen-bond donors (Lipinski definition) is 1. The Balaban J connectivity index is 2.52. The SMILES string of the molecule is Cc1c(C(C)(C)CC(=O)O)cc2c(c1C)OCO2. The van der Waals surface area contributed by atoms with Crippen LogP contribution in [0.15, 0.2) is 6.07 Å². The normalized spacial score (nSPS) is 13.8. The molecule has 1 aromatic rings. The lowest BCUT2D eigenvalue weighted by atomic mass is 9.78. The molecular formula is C14H18O4. The molecule has 1 aliphatic heterocycles. The van der Waals surface area contributed by atoms with E-state index in [1.807, 2.05) is 33.8 Å². The van der Waals surface area contributed by atoms with Gasteiger partial charge in [0.15, 0.2) is 11.5 Å². The molecule has 98 valence electrons. The van der Waals surface area contributed by atoms with Crippen LogP contribution in [0.5, 0.6) is 11.5 Å². The summed E-state index contributed by atoms with van der Waals surface area (Å²) in [6, 6.07) is 1.91. The molecule has 1 heterocycles. The number of benzene rings is 1. The van der Waals surface area contributed by atoms with Gasteiger partial charge in [0, 0.05) is 5.41 Å². The van der Waals surface area contributed by atoms with Gasteiger partial charge in [-0.3, -0.25) is 4.79 Å². The standard InChI is InChI=1S/C14H18O4/c1-8-9(2)13-11(17-7-18-13)5-10(8)14(3,4)6-12(15)16/h5H,6-7H2,1-4H3,(H,15,16). The van der Waals surface area contributed by atoms with Crippen LogP contribution < -0.4 is 9.47 Å². The minimum Gasteiger partial charge on any atom is -0.481 e. The van der Waals surface area contributed by atoms with E-state index in [1.165, 1.54) is 0 Å². The first-order chi connectivity index (χ1) is 8.33. The average Bonchev–Trinajstić information content (AvgIpc) is 2.69. The minimum absolute atomic E-state index is 0.0902. The second-order valence-electron chi connectivity index (χ2n) is 5.36. The molecule has 18 heavy (non-hydrogen) atoms. The fourth-order valence-electron chi connectivity index (χ4n) is 2.48. The Kier molecular flexibility index (Phi) is 2.97. The van der Waals surface area contributed by atoms with Gasteiger partial charge in [-0.15, -0.1) is 0 Å². The number of rotatable bonds is 3. The number of fused-ring (bicyclic) bond motifs is 1. The van der Waals surface area contributed by atoms with E-state index in [0.717, 1.165) is 22.4 Å². The molecule has 1 N–H and O–H groups in total. The predicted molar refractivity (Wildman–Crippen MR) is 67.3 cm³/mol. The second kappa shape index (κ2) is 4.19. The van der Waals surface area contributed by atoms with E-state index in [1.54, 1.807) is 0 Å². The van der Waals surface area contributed by atoms with Crippen molar-refractivity contribution in [2.75, 3.05) is 6.79 Å². The summed E-state index contributed by atoms with van der Waals surface area (Å²) in [5.74, 6) is 0.698. The largest absolute Gasteiger partial charge is 0.481 e. The predicted octanol–water partition coefficient (Wildman–Crippen LogP) is 2.78. The maximum absolute atomic E-state index is 11.0. The van der Waals surface area contributed by atoms with Crippen LogP contribution in [0.4, 0.5) is 0 Å². The fraction of sp³-hybridized carbons (Fsp3) is 0.500. The zero-order valence-electron chi connectivity index (χ0n) is 11.2. The first kappa shape index (κ1) is 12.7. The number of carboxylic acids is 1. The molecule has 0 spiro atoms. The molecule has 0 amide bonds. The Morgan fingerprint density at radius 3 is 2.61 bits per heavy atom. The molecule has 0 aromatic heterocycles. The summed E-state index contributed by atoms with van der Waals surface area (Å²) in [7, 11) is 0. The van der Waals surface area contributed by atoms with Crippen molar-refractivity contribution in [1.29, 1.82) is 0 Å². The maximum Gasteiger partial charge on any atom is 0.304 e. The van der Waals surface area contributed by atoms with Gasteiger partial charge in [-0.1, -0.05) is 13.8 Å². The van der Waals surface area contributed by atoms with Crippen LogP contribution in [-0.4, -0.2) is 17.9 Å². The number of ether oxygens (including phenoxy) is 2. The number of aliphatic carboxylic acids is 1. The van der Waals surface area contributed by atoms with Crippen LogP contribution in [0.25, 0.3) is 0 Å². The minimum atomic E-state index is -0.797. The Hall–Kier alpha value is -1.71. The molecule has 0 atom stereocenters. The Bertz CT molecular complexity index is 503. The van der Waals surface area contributed by atoms with Crippen molar-refractivity contribution in [2.24, 2.45) is 0 Å². The summed E-state index contributed by atoms with van der Waals surface area (Å²) in [5.41, 5.74) is 2.68. The van der Waals surface area contributed by atoms with Crippen molar-refractivity contribution in [2.45, 2.75) is 39.5 Å². The van der Waals surface area contributed by atoms with E-state index in [2.05, 4.69) is 0 Å². The third-order valence-electron chi connectivity index (χ3n) is 3.55. The van der Waals surface area contributed by atoms with E-state index < -0.39 is 11.4 Å². The first-order valence-corrected chi connectivity index (χ1v) is 5.95. The van der Waals surface area contributed by atoms with Crippen LogP contribution in [0.2, 0.25) is 0 Å². The van der Waals surface area contributed by atoms with Gasteiger partial charge >= 0.3 is 5.97 Å². The zero-order chi connectivity index (χ0) is 13.5. The Labute approximate surface area is 107 Å². The van der Waals surface area contributed by atoms with Gasteiger partial charge in [0.05, 0.1) is 6.42 Å². The van der Waals surface area contributed by atoms with Gasteiger partial charge < -0.3 is 14.6 Å². The van der Waals surface area contributed by atoms with Crippen molar-refractivity contribution in [3.05, 3.63) is 22.8 Å². The Morgan fingerprint density at radius 2 is 2.00 bits per heavy atom. The molecule has 0 bridgehead atoms. The summed E-state index contributed by atoms with van der Waals surface area (Å²) in [6.07, 6.45) is 0.0902. The molecule has 0 fully saturated rings. The highest BCUT2D eigenvalue weighted by Crippen LogP contribution is 2.43. The van der Waals surface area contributed by atoms with E-state index in [-0.39, 0.29) is 13.2 Å². The second-order valence-corrected chi connectivity index (χ2v) is 5.36. The lowest BCUT2D eigenvalue weighted by Crippen LogP contribution is -2.23. The van der Waals surface area contributed by atoms with Crippen molar-refractivity contribution >= 4 is 5.97 Å². The third-order valence-corrected chi connectivity index (χ3v) is 3.55. The summed E-state index contributed by atoms with van der Waals surface area (Å²) in [5, 5.41) is 9.01. The van der Waals surface area contributed by atoms with Crippen LogP contribution in [-0.2, 0) is 10.2 Å². The van der Waals surface area contributed by atoms with Crippen LogP contribution >= 0.6 is 0 Å². The van der Waals surface area contributed by atoms with Gasteiger partial charge in [-0.25, -0.2) is 0 Å². The quantitative estimate of drug-likeness (QED) is 0.896. The van der Waals surface area contributed by atoms with Crippen molar-refractivity contribution in [3.63, 3.8) is 0 Å². The third kappa shape index (κ3) is 2.03. The van der Waals surface area contributed by atoms with Crippen LogP contribution in [0, 0.1) is 13.8 Å². The summed E-state index contributed by atoms with van der Waals surface area (Å²) < 4.78 is 10.8. The summed E-state index contributed by atoms with van der Waals surface area (Å²) >= 11 is 0.